The summed E-state index contributed by atoms with van der Waals surface area (Å²) in [6, 6.07) is 12.8. The van der Waals surface area contributed by atoms with Crippen LogP contribution in [0.15, 0.2) is 54.9 Å². The number of hydrogen-bond donors (Lipinski definition) is 1. The van der Waals surface area contributed by atoms with E-state index in [1.165, 1.54) is 0 Å². The van der Waals surface area contributed by atoms with Crippen LogP contribution in [0.4, 0.5) is 5.69 Å². The van der Waals surface area contributed by atoms with Gasteiger partial charge in [0.2, 0.25) is 0 Å². The molecule has 1 heterocycles. The van der Waals surface area contributed by atoms with Crippen LogP contribution in [0.3, 0.4) is 0 Å². The zero-order valence-electron chi connectivity index (χ0n) is 10.0. The van der Waals surface area contributed by atoms with E-state index in [4.69, 9.17) is 22.1 Å². The summed E-state index contributed by atoms with van der Waals surface area (Å²) in [6.07, 6.45) is 3.49. The second-order valence-corrected chi connectivity index (χ2v) is 4.57. The van der Waals surface area contributed by atoms with Gasteiger partial charge in [0.15, 0.2) is 5.75 Å². The lowest BCUT2D eigenvalue weighted by molar-refractivity contribution is 0.486. The van der Waals surface area contributed by atoms with Gasteiger partial charge < -0.3 is 10.5 Å². The standard InChI is InChI=1S/C15H11ClN2O/c16-11-2-4-12(5-3-11)19-14-6-1-10-9-18-8-7-13(10)15(14)17/h1-9H,17H2. The van der Waals surface area contributed by atoms with E-state index < -0.39 is 0 Å². The highest BCUT2D eigenvalue weighted by Crippen LogP contribution is 2.33. The molecule has 4 heteroatoms. The fourth-order valence-corrected chi connectivity index (χ4v) is 2.02. The van der Waals surface area contributed by atoms with Gasteiger partial charge in [-0.2, -0.15) is 0 Å². The molecule has 3 aromatic rings. The van der Waals surface area contributed by atoms with Crippen LogP contribution in [-0.2, 0) is 0 Å². The summed E-state index contributed by atoms with van der Waals surface area (Å²) < 4.78 is 5.77. The van der Waals surface area contributed by atoms with E-state index in [1.807, 2.05) is 18.2 Å². The molecule has 0 aliphatic carbocycles. The number of nitrogens with two attached hydrogens (primary N) is 1. The zero-order chi connectivity index (χ0) is 13.2. The van der Waals surface area contributed by atoms with Gasteiger partial charge in [-0.05, 0) is 42.5 Å². The van der Waals surface area contributed by atoms with E-state index in [1.54, 1.807) is 36.7 Å². The van der Waals surface area contributed by atoms with Gasteiger partial charge in [-0.3, -0.25) is 4.98 Å². The normalized spacial score (nSPS) is 10.6. The first-order valence-corrected chi connectivity index (χ1v) is 6.17. The summed E-state index contributed by atoms with van der Waals surface area (Å²) in [4.78, 5) is 4.07. The molecule has 1 aromatic heterocycles. The summed E-state index contributed by atoms with van der Waals surface area (Å²) in [5, 5.41) is 2.59. The highest BCUT2D eigenvalue weighted by Gasteiger charge is 2.06. The van der Waals surface area contributed by atoms with Crippen LogP contribution in [0.5, 0.6) is 11.5 Å². The van der Waals surface area contributed by atoms with Crippen molar-refractivity contribution < 1.29 is 4.74 Å². The molecular formula is C15H11ClN2O. The zero-order valence-corrected chi connectivity index (χ0v) is 10.8. The molecule has 19 heavy (non-hydrogen) atoms. The molecular weight excluding hydrogens is 260 g/mol. The number of aromatic nitrogens is 1. The van der Waals surface area contributed by atoms with Crippen molar-refractivity contribution in [3.8, 4) is 11.5 Å². The molecule has 2 N–H and O–H groups in total. The van der Waals surface area contributed by atoms with Crippen molar-refractivity contribution in [2.45, 2.75) is 0 Å². The molecule has 0 bridgehead atoms. The van der Waals surface area contributed by atoms with E-state index in [0.717, 1.165) is 10.8 Å². The molecule has 0 aliphatic heterocycles. The molecule has 2 aromatic carbocycles. The van der Waals surface area contributed by atoms with Crippen LogP contribution in [0.2, 0.25) is 5.02 Å². The van der Waals surface area contributed by atoms with Crippen LogP contribution < -0.4 is 10.5 Å². The van der Waals surface area contributed by atoms with Gasteiger partial charge in [0.1, 0.15) is 5.75 Å². The van der Waals surface area contributed by atoms with Gasteiger partial charge >= 0.3 is 0 Å². The first-order valence-electron chi connectivity index (χ1n) is 5.80. The Labute approximate surface area is 115 Å². The average molecular weight is 271 g/mol. The predicted molar refractivity (Wildman–Crippen MR) is 77.7 cm³/mol. The number of rotatable bonds is 2. The quantitative estimate of drug-likeness (QED) is 0.708. The van der Waals surface area contributed by atoms with Crippen LogP contribution in [0, 0.1) is 0 Å². The maximum Gasteiger partial charge on any atom is 0.150 e. The Kier molecular flexibility index (Phi) is 2.97. The minimum absolute atomic E-state index is 0.606. The molecule has 3 rings (SSSR count). The molecule has 3 nitrogen and oxygen atoms in total. The Morgan fingerprint density at radius 2 is 1.79 bits per heavy atom. The number of nitrogens with zero attached hydrogens (tertiary/aromatic N) is 1. The smallest absolute Gasteiger partial charge is 0.150 e. The van der Waals surface area contributed by atoms with Crippen molar-refractivity contribution in [1.29, 1.82) is 0 Å². The molecule has 0 spiro atoms. The van der Waals surface area contributed by atoms with Crippen LogP contribution >= 0.6 is 11.6 Å². The molecule has 0 saturated carbocycles. The van der Waals surface area contributed by atoms with Gasteiger partial charge in [0, 0.05) is 28.2 Å². The molecule has 0 aliphatic rings. The maximum atomic E-state index is 6.12. The number of halogens is 1. The summed E-state index contributed by atoms with van der Waals surface area (Å²) >= 11 is 5.84. The summed E-state index contributed by atoms with van der Waals surface area (Å²) in [5.74, 6) is 1.32. The molecule has 0 saturated heterocycles. The lowest BCUT2D eigenvalue weighted by Gasteiger charge is -2.10. The third-order valence-corrected chi connectivity index (χ3v) is 3.12. The van der Waals surface area contributed by atoms with Gasteiger partial charge in [-0.15, -0.1) is 0 Å². The van der Waals surface area contributed by atoms with Gasteiger partial charge in [0.25, 0.3) is 0 Å². The van der Waals surface area contributed by atoms with Crippen molar-refractivity contribution in [3.05, 3.63) is 59.9 Å². The topological polar surface area (TPSA) is 48.1 Å². The van der Waals surface area contributed by atoms with Crippen molar-refractivity contribution in [2.75, 3.05) is 5.73 Å². The Hall–Kier alpha value is -2.26. The first-order chi connectivity index (χ1) is 9.24. The number of benzene rings is 2. The molecule has 0 atom stereocenters. The van der Waals surface area contributed by atoms with Crippen molar-refractivity contribution in [1.82, 2.24) is 4.98 Å². The first kappa shape index (κ1) is 11.8. The van der Waals surface area contributed by atoms with Gasteiger partial charge in [-0.25, -0.2) is 0 Å². The van der Waals surface area contributed by atoms with E-state index >= 15 is 0 Å². The van der Waals surface area contributed by atoms with Gasteiger partial charge in [-0.1, -0.05) is 11.6 Å². The Bertz CT molecular complexity index is 726. The highest BCUT2D eigenvalue weighted by atomic mass is 35.5. The van der Waals surface area contributed by atoms with Crippen LogP contribution in [0.1, 0.15) is 0 Å². The number of ether oxygens (including phenoxy) is 1. The molecule has 0 radical (unpaired) electrons. The molecule has 94 valence electrons. The molecule has 0 fully saturated rings. The lowest BCUT2D eigenvalue weighted by atomic mass is 10.1. The number of fused-ring (bicyclic) bond motifs is 1. The third kappa shape index (κ3) is 2.33. The Balaban J connectivity index is 2.01. The SMILES string of the molecule is Nc1c(Oc2ccc(Cl)cc2)ccc2cnccc12. The molecule has 0 unspecified atom stereocenters. The van der Waals surface area contributed by atoms with Crippen LogP contribution in [-0.4, -0.2) is 4.98 Å². The van der Waals surface area contributed by atoms with E-state index in [-0.39, 0.29) is 0 Å². The number of hydrogen-bond acceptors (Lipinski definition) is 3. The fraction of sp³-hybridized carbons (Fsp3) is 0. The lowest BCUT2D eigenvalue weighted by Crippen LogP contribution is -1.93. The van der Waals surface area contributed by atoms with E-state index in [2.05, 4.69) is 4.98 Å². The Morgan fingerprint density at radius 1 is 1.00 bits per heavy atom. The average Bonchev–Trinajstić information content (AvgIpc) is 2.45. The van der Waals surface area contributed by atoms with Crippen LogP contribution in [0.25, 0.3) is 10.8 Å². The number of anilines is 1. The van der Waals surface area contributed by atoms with Gasteiger partial charge in [0.05, 0.1) is 5.69 Å². The fourth-order valence-electron chi connectivity index (χ4n) is 1.89. The minimum atomic E-state index is 0.606. The Morgan fingerprint density at radius 3 is 2.58 bits per heavy atom. The van der Waals surface area contributed by atoms with Crippen molar-refractivity contribution in [3.63, 3.8) is 0 Å². The summed E-state index contributed by atoms with van der Waals surface area (Å²) in [7, 11) is 0. The van der Waals surface area contributed by atoms with Crippen molar-refractivity contribution >= 4 is 28.1 Å². The largest absolute Gasteiger partial charge is 0.455 e. The summed E-state index contributed by atoms with van der Waals surface area (Å²) in [5.41, 5.74) is 6.72. The summed E-state index contributed by atoms with van der Waals surface area (Å²) in [6.45, 7) is 0. The van der Waals surface area contributed by atoms with E-state index in [9.17, 15) is 0 Å². The molecule has 0 amide bonds. The second-order valence-electron chi connectivity index (χ2n) is 4.13. The number of nitrogen functional groups attached to an aromatic ring is 1. The number of pyridine rings is 1. The second kappa shape index (κ2) is 4.78. The minimum Gasteiger partial charge on any atom is -0.455 e. The maximum absolute atomic E-state index is 6.12. The van der Waals surface area contributed by atoms with Crippen molar-refractivity contribution in [2.24, 2.45) is 0 Å². The third-order valence-electron chi connectivity index (χ3n) is 2.86. The van der Waals surface area contributed by atoms with E-state index in [0.29, 0.717) is 22.2 Å². The highest BCUT2D eigenvalue weighted by molar-refractivity contribution is 6.30. The monoisotopic (exact) mass is 270 g/mol. The predicted octanol–water partition coefficient (Wildman–Crippen LogP) is 4.26.